The van der Waals surface area contributed by atoms with Crippen molar-refractivity contribution < 1.29 is 13.5 Å². The molecule has 0 aliphatic carbocycles. The molecule has 10 heteroatoms. The quantitative estimate of drug-likeness (QED) is 0.414. The summed E-state index contributed by atoms with van der Waals surface area (Å²) in [6.07, 6.45) is 4.49. The Bertz CT molecular complexity index is 1290. The van der Waals surface area contributed by atoms with Gasteiger partial charge in [0, 0.05) is 30.1 Å². The van der Waals surface area contributed by atoms with Gasteiger partial charge in [0.1, 0.15) is 5.82 Å². The van der Waals surface area contributed by atoms with Crippen LogP contribution in [0.2, 0.25) is 0 Å². The lowest BCUT2D eigenvalue weighted by atomic mass is 10.2. The average Bonchev–Trinajstić information content (AvgIpc) is 3.21. The lowest BCUT2D eigenvalue weighted by Crippen LogP contribution is -2.22. The predicted molar refractivity (Wildman–Crippen MR) is 115 cm³/mol. The van der Waals surface area contributed by atoms with Gasteiger partial charge in [0.15, 0.2) is 9.84 Å². The van der Waals surface area contributed by atoms with Crippen LogP contribution in [0, 0.1) is 0 Å². The van der Waals surface area contributed by atoms with Crippen LogP contribution >= 0.6 is 0 Å². The van der Waals surface area contributed by atoms with Crippen LogP contribution in [0.5, 0.6) is 0 Å². The molecule has 2 aromatic heterocycles. The molecule has 0 radical (unpaired) electrons. The molecule has 0 spiro atoms. The second kappa shape index (κ2) is 8.09. The number of H-pyrrole nitrogens is 1. The molecule has 0 atom stereocenters. The Labute approximate surface area is 173 Å². The van der Waals surface area contributed by atoms with Crippen molar-refractivity contribution in [2.75, 3.05) is 29.6 Å². The van der Waals surface area contributed by atoms with Crippen molar-refractivity contribution in [2.24, 2.45) is 0 Å². The summed E-state index contributed by atoms with van der Waals surface area (Å²) in [6.45, 7) is 0.252. The van der Waals surface area contributed by atoms with E-state index < -0.39 is 9.84 Å². The van der Waals surface area contributed by atoms with Crippen LogP contribution < -0.4 is 10.2 Å². The van der Waals surface area contributed by atoms with Crippen molar-refractivity contribution in [3.63, 3.8) is 0 Å². The number of nitrogens with zero attached hydrogens (tertiary/aromatic N) is 4. The number of rotatable bonds is 7. The van der Waals surface area contributed by atoms with E-state index in [4.69, 9.17) is 0 Å². The number of aromatic nitrogens is 4. The number of aliphatic hydroxyl groups is 1. The van der Waals surface area contributed by atoms with Gasteiger partial charge in [-0.15, -0.1) is 0 Å². The molecule has 0 unspecified atom stereocenters. The fourth-order valence-corrected chi connectivity index (χ4v) is 3.81. The molecule has 0 saturated heterocycles. The van der Waals surface area contributed by atoms with E-state index in [9.17, 15) is 13.5 Å². The monoisotopic (exact) mass is 424 g/mol. The molecule has 0 aliphatic heterocycles. The summed E-state index contributed by atoms with van der Waals surface area (Å²) in [5.74, 6) is 0.884. The third-order valence-electron chi connectivity index (χ3n) is 4.51. The van der Waals surface area contributed by atoms with Crippen LogP contribution in [0.3, 0.4) is 0 Å². The van der Waals surface area contributed by atoms with Gasteiger partial charge >= 0.3 is 0 Å². The average molecular weight is 424 g/mol. The Morgan fingerprint density at radius 3 is 2.80 bits per heavy atom. The molecule has 3 N–H and O–H groups in total. The Morgan fingerprint density at radius 2 is 2.00 bits per heavy atom. The van der Waals surface area contributed by atoms with Crippen molar-refractivity contribution in [1.29, 1.82) is 0 Å². The van der Waals surface area contributed by atoms with Crippen molar-refractivity contribution in [3.05, 3.63) is 60.9 Å². The standard InChI is InChI=1S/C20H20N6O3S/c1-30(28,29)15-5-2-4-14(12-15)23-20-21-9-8-19(24-20)26(10-11-27)18-7-3-6-17-16(18)13-22-25-17/h2-9,12-13,27H,10-11H2,1H3,(H,22,25)(H,21,23,24). The zero-order valence-corrected chi connectivity index (χ0v) is 17.0. The highest BCUT2D eigenvalue weighted by Gasteiger charge is 2.15. The fraction of sp³-hybridized carbons (Fsp3) is 0.150. The summed E-state index contributed by atoms with van der Waals surface area (Å²) in [4.78, 5) is 10.9. The maximum atomic E-state index is 11.8. The van der Waals surface area contributed by atoms with Crippen LogP contribution in [-0.4, -0.2) is 53.1 Å². The minimum atomic E-state index is -3.32. The number of hydrogen-bond acceptors (Lipinski definition) is 8. The van der Waals surface area contributed by atoms with Gasteiger partial charge < -0.3 is 15.3 Å². The van der Waals surface area contributed by atoms with Gasteiger partial charge in [-0.25, -0.2) is 13.4 Å². The molecular weight excluding hydrogens is 404 g/mol. The van der Waals surface area contributed by atoms with Crippen LogP contribution in [-0.2, 0) is 9.84 Å². The molecule has 154 valence electrons. The van der Waals surface area contributed by atoms with E-state index in [1.54, 1.807) is 30.6 Å². The number of anilines is 4. The van der Waals surface area contributed by atoms with Crippen LogP contribution in [0.1, 0.15) is 0 Å². The molecule has 0 bridgehead atoms. The molecule has 0 saturated carbocycles. The second-order valence-corrected chi connectivity index (χ2v) is 8.66. The van der Waals surface area contributed by atoms with Crippen molar-refractivity contribution >= 4 is 43.9 Å². The second-order valence-electron chi connectivity index (χ2n) is 6.65. The number of hydrogen-bond donors (Lipinski definition) is 3. The third-order valence-corrected chi connectivity index (χ3v) is 5.62. The number of nitrogens with one attached hydrogen (secondary N) is 2. The Balaban J connectivity index is 1.69. The van der Waals surface area contributed by atoms with E-state index in [1.165, 1.54) is 12.1 Å². The molecule has 0 aliphatic rings. The summed E-state index contributed by atoms with van der Waals surface area (Å²) in [5.41, 5.74) is 2.28. The van der Waals surface area contributed by atoms with E-state index in [0.717, 1.165) is 22.8 Å². The summed E-state index contributed by atoms with van der Waals surface area (Å²) in [6, 6.07) is 13.9. The lowest BCUT2D eigenvalue weighted by Gasteiger charge is -2.24. The molecule has 4 aromatic rings. The topological polar surface area (TPSA) is 124 Å². The Hall–Kier alpha value is -3.50. The van der Waals surface area contributed by atoms with E-state index >= 15 is 0 Å². The Kier molecular flexibility index (Phi) is 5.34. The lowest BCUT2D eigenvalue weighted by molar-refractivity contribution is 0.305. The molecular formula is C20H20N6O3S. The number of aliphatic hydroxyl groups excluding tert-OH is 1. The largest absolute Gasteiger partial charge is 0.395 e. The van der Waals surface area contributed by atoms with Gasteiger partial charge in [0.25, 0.3) is 0 Å². The first-order chi connectivity index (χ1) is 14.5. The maximum absolute atomic E-state index is 11.8. The van der Waals surface area contributed by atoms with E-state index in [2.05, 4.69) is 25.5 Å². The number of aromatic amines is 1. The zero-order chi connectivity index (χ0) is 21.1. The molecule has 2 aromatic carbocycles. The van der Waals surface area contributed by atoms with E-state index in [1.807, 2.05) is 23.1 Å². The first-order valence-corrected chi connectivity index (χ1v) is 11.1. The van der Waals surface area contributed by atoms with Gasteiger partial charge in [-0.3, -0.25) is 5.10 Å². The minimum Gasteiger partial charge on any atom is -0.395 e. The summed E-state index contributed by atoms with van der Waals surface area (Å²) in [5, 5.41) is 20.6. The van der Waals surface area contributed by atoms with Gasteiger partial charge in [-0.1, -0.05) is 12.1 Å². The first kappa shape index (κ1) is 19.8. The van der Waals surface area contributed by atoms with Gasteiger partial charge in [-0.05, 0) is 36.4 Å². The number of benzene rings is 2. The number of sulfone groups is 1. The highest BCUT2D eigenvalue weighted by atomic mass is 32.2. The molecule has 0 amide bonds. The summed E-state index contributed by atoms with van der Waals surface area (Å²) < 4.78 is 23.6. The molecule has 0 fully saturated rings. The van der Waals surface area contributed by atoms with Crippen molar-refractivity contribution in [2.45, 2.75) is 4.90 Å². The van der Waals surface area contributed by atoms with Crippen molar-refractivity contribution in [3.8, 4) is 0 Å². The molecule has 9 nitrogen and oxygen atoms in total. The van der Waals surface area contributed by atoms with Crippen LogP contribution in [0.25, 0.3) is 10.9 Å². The van der Waals surface area contributed by atoms with Gasteiger partial charge in [-0.2, -0.15) is 10.1 Å². The maximum Gasteiger partial charge on any atom is 0.229 e. The summed E-state index contributed by atoms with van der Waals surface area (Å²) in [7, 11) is -3.32. The normalized spacial score (nSPS) is 11.5. The van der Waals surface area contributed by atoms with Crippen molar-refractivity contribution in [1.82, 2.24) is 20.2 Å². The van der Waals surface area contributed by atoms with Gasteiger partial charge in [0.05, 0.1) is 28.9 Å². The molecule has 30 heavy (non-hydrogen) atoms. The summed E-state index contributed by atoms with van der Waals surface area (Å²) >= 11 is 0. The molecule has 2 heterocycles. The first-order valence-electron chi connectivity index (χ1n) is 9.16. The molecule has 4 rings (SSSR count). The zero-order valence-electron chi connectivity index (χ0n) is 16.1. The number of fused-ring (bicyclic) bond motifs is 1. The Morgan fingerprint density at radius 1 is 1.17 bits per heavy atom. The predicted octanol–water partition coefficient (Wildman–Crippen LogP) is 2.63. The third kappa shape index (κ3) is 4.09. The van der Waals surface area contributed by atoms with Crippen LogP contribution in [0.15, 0.2) is 65.8 Å². The van der Waals surface area contributed by atoms with E-state index in [0.29, 0.717) is 24.0 Å². The van der Waals surface area contributed by atoms with Gasteiger partial charge in [0.2, 0.25) is 5.95 Å². The SMILES string of the molecule is CS(=O)(=O)c1cccc(Nc2nccc(N(CCO)c3cccc4[nH]ncc34)n2)c1. The smallest absolute Gasteiger partial charge is 0.229 e. The fourth-order valence-electron chi connectivity index (χ4n) is 3.14. The minimum absolute atomic E-state index is 0.0720. The van der Waals surface area contributed by atoms with E-state index in [-0.39, 0.29) is 11.5 Å². The highest BCUT2D eigenvalue weighted by Crippen LogP contribution is 2.30. The highest BCUT2D eigenvalue weighted by molar-refractivity contribution is 7.90. The van der Waals surface area contributed by atoms with Crippen LogP contribution in [0.4, 0.5) is 23.1 Å².